The summed E-state index contributed by atoms with van der Waals surface area (Å²) in [5, 5.41) is 7.60. The molecule has 1 aromatic heterocycles. The number of anilines is 1. The normalized spacial score (nSPS) is 10.7. The average molecular weight is 286 g/mol. The van der Waals surface area contributed by atoms with Crippen LogP contribution in [0.3, 0.4) is 0 Å². The smallest absolute Gasteiger partial charge is 0.137 e. The highest BCUT2D eigenvalue weighted by molar-refractivity contribution is 5.44. The van der Waals surface area contributed by atoms with Gasteiger partial charge in [-0.2, -0.15) is 5.10 Å². The van der Waals surface area contributed by atoms with Gasteiger partial charge >= 0.3 is 0 Å². The molecule has 2 rings (SSSR count). The molecule has 0 fully saturated rings. The quantitative estimate of drug-likeness (QED) is 0.669. The molecular weight excluding hydrogens is 260 g/mol. The lowest BCUT2D eigenvalue weighted by Crippen LogP contribution is -2.03. The van der Waals surface area contributed by atoms with Crippen molar-refractivity contribution in [1.82, 2.24) is 14.8 Å². The maximum absolute atomic E-state index is 4.12. The van der Waals surface area contributed by atoms with Crippen LogP contribution in [-0.2, 0) is 6.54 Å². The van der Waals surface area contributed by atoms with Gasteiger partial charge in [-0.25, -0.2) is 9.67 Å². The van der Waals surface area contributed by atoms with Crippen LogP contribution in [0.5, 0.6) is 0 Å². The van der Waals surface area contributed by atoms with Crippen LogP contribution in [0.2, 0.25) is 0 Å². The van der Waals surface area contributed by atoms with Crippen LogP contribution < -0.4 is 5.32 Å². The fraction of sp³-hybridized carbons (Fsp3) is 0.529. The first-order chi connectivity index (χ1) is 10.4. The molecule has 1 heterocycles. The summed E-state index contributed by atoms with van der Waals surface area (Å²) >= 11 is 0. The third-order valence-corrected chi connectivity index (χ3v) is 3.62. The summed E-state index contributed by atoms with van der Waals surface area (Å²) in [5.41, 5.74) is 2.44. The highest BCUT2D eigenvalue weighted by Crippen LogP contribution is 2.11. The predicted octanol–water partition coefficient (Wildman–Crippen LogP) is 4.10. The Morgan fingerprint density at radius 1 is 1.00 bits per heavy atom. The van der Waals surface area contributed by atoms with Crippen LogP contribution in [0.25, 0.3) is 0 Å². The number of hydrogen-bond acceptors (Lipinski definition) is 3. The van der Waals surface area contributed by atoms with E-state index in [1.54, 1.807) is 12.7 Å². The van der Waals surface area contributed by atoms with E-state index in [2.05, 4.69) is 46.6 Å². The van der Waals surface area contributed by atoms with Crippen LogP contribution >= 0.6 is 0 Å². The van der Waals surface area contributed by atoms with E-state index < -0.39 is 0 Å². The Kier molecular flexibility index (Phi) is 6.78. The van der Waals surface area contributed by atoms with E-state index in [1.807, 2.05) is 4.68 Å². The molecule has 0 saturated carbocycles. The topological polar surface area (TPSA) is 42.7 Å². The van der Waals surface area contributed by atoms with Crippen molar-refractivity contribution in [3.63, 3.8) is 0 Å². The van der Waals surface area contributed by atoms with Crippen molar-refractivity contribution in [2.75, 3.05) is 11.9 Å². The minimum atomic E-state index is 0.776. The Bertz CT molecular complexity index is 476. The fourth-order valence-electron chi connectivity index (χ4n) is 2.37. The Morgan fingerprint density at radius 3 is 2.48 bits per heavy atom. The highest BCUT2D eigenvalue weighted by atomic mass is 15.3. The molecule has 21 heavy (non-hydrogen) atoms. The number of nitrogens with zero attached hydrogens (tertiary/aromatic N) is 3. The van der Waals surface area contributed by atoms with Crippen molar-refractivity contribution in [3.05, 3.63) is 42.5 Å². The Labute approximate surface area is 127 Å². The molecule has 0 saturated heterocycles. The van der Waals surface area contributed by atoms with Gasteiger partial charge in [-0.15, -0.1) is 0 Å². The van der Waals surface area contributed by atoms with Crippen LogP contribution in [0.15, 0.2) is 36.9 Å². The Balaban J connectivity index is 1.63. The van der Waals surface area contributed by atoms with Gasteiger partial charge < -0.3 is 5.32 Å². The minimum absolute atomic E-state index is 0.776. The zero-order valence-electron chi connectivity index (χ0n) is 13.0. The molecule has 0 bridgehead atoms. The second kappa shape index (κ2) is 9.16. The average Bonchev–Trinajstić information content (AvgIpc) is 3.01. The number of benzene rings is 1. The van der Waals surface area contributed by atoms with Crippen molar-refractivity contribution in [3.8, 4) is 0 Å². The summed E-state index contributed by atoms with van der Waals surface area (Å²) in [7, 11) is 0. The number of unbranched alkanes of at least 4 members (excludes halogenated alkanes) is 5. The van der Waals surface area contributed by atoms with Crippen molar-refractivity contribution in [1.29, 1.82) is 0 Å². The summed E-state index contributed by atoms with van der Waals surface area (Å²) in [5.74, 6) is 0. The molecule has 0 aliphatic heterocycles. The molecule has 114 valence electrons. The summed E-state index contributed by atoms with van der Waals surface area (Å²) in [6, 6.07) is 8.57. The predicted molar refractivity (Wildman–Crippen MR) is 87.4 cm³/mol. The van der Waals surface area contributed by atoms with E-state index in [1.165, 1.54) is 49.8 Å². The lowest BCUT2D eigenvalue weighted by Gasteiger charge is -2.07. The van der Waals surface area contributed by atoms with E-state index in [0.717, 1.165) is 13.1 Å². The molecule has 1 aromatic carbocycles. The number of nitrogens with one attached hydrogen (secondary N) is 1. The molecule has 0 amide bonds. The Hall–Kier alpha value is -1.84. The molecule has 0 radical (unpaired) electrons. The second-order valence-electron chi connectivity index (χ2n) is 5.48. The van der Waals surface area contributed by atoms with Gasteiger partial charge in [-0.3, -0.25) is 0 Å². The molecule has 4 heteroatoms. The standard InChI is InChI=1S/C17H26N4/c1-2-3-4-5-6-7-12-19-17-10-8-16(9-11-17)13-21-15-18-14-20-21/h8-11,14-15,19H,2-7,12-13H2,1H3. The van der Waals surface area contributed by atoms with Gasteiger partial charge in [0.05, 0.1) is 6.54 Å². The van der Waals surface area contributed by atoms with Crippen molar-refractivity contribution < 1.29 is 0 Å². The van der Waals surface area contributed by atoms with E-state index in [-0.39, 0.29) is 0 Å². The van der Waals surface area contributed by atoms with Gasteiger partial charge in [-0.05, 0) is 24.1 Å². The molecule has 2 aromatic rings. The maximum atomic E-state index is 4.12. The van der Waals surface area contributed by atoms with Crippen molar-refractivity contribution in [2.45, 2.75) is 52.0 Å². The first-order valence-electron chi connectivity index (χ1n) is 8.03. The number of aromatic nitrogens is 3. The van der Waals surface area contributed by atoms with Gasteiger partial charge in [0.2, 0.25) is 0 Å². The SMILES string of the molecule is CCCCCCCCNc1ccc(Cn2cncn2)cc1. The fourth-order valence-corrected chi connectivity index (χ4v) is 2.37. The zero-order chi connectivity index (χ0) is 14.8. The zero-order valence-corrected chi connectivity index (χ0v) is 13.0. The lowest BCUT2D eigenvalue weighted by molar-refractivity contribution is 0.617. The molecule has 0 aliphatic carbocycles. The van der Waals surface area contributed by atoms with Gasteiger partial charge in [0.25, 0.3) is 0 Å². The first-order valence-corrected chi connectivity index (χ1v) is 8.03. The largest absolute Gasteiger partial charge is 0.385 e. The molecule has 4 nitrogen and oxygen atoms in total. The van der Waals surface area contributed by atoms with E-state index >= 15 is 0 Å². The van der Waals surface area contributed by atoms with Gasteiger partial charge in [0, 0.05) is 12.2 Å². The van der Waals surface area contributed by atoms with Crippen molar-refractivity contribution >= 4 is 5.69 Å². The molecular formula is C17H26N4. The minimum Gasteiger partial charge on any atom is -0.385 e. The van der Waals surface area contributed by atoms with Gasteiger partial charge in [-0.1, -0.05) is 51.2 Å². The summed E-state index contributed by atoms with van der Waals surface area (Å²) in [4.78, 5) is 3.95. The number of hydrogen-bond donors (Lipinski definition) is 1. The van der Waals surface area contributed by atoms with Crippen LogP contribution in [0.4, 0.5) is 5.69 Å². The number of rotatable bonds is 10. The van der Waals surface area contributed by atoms with Gasteiger partial charge in [0.15, 0.2) is 0 Å². The van der Waals surface area contributed by atoms with Crippen molar-refractivity contribution in [2.24, 2.45) is 0 Å². The van der Waals surface area contributed by atoms with Gasteiger partial charge in [0.1, 0.15) is 12.7 Å². The molecule has 0 unspecified atom stereocenters. The third kappa shape index (κ3) is 5.98. The van der Waals surface area contributed by atoms with Crippen LogP contribution in [0.1, 0.15) is 51.0 Å². The molecule has 1 N–H and O–H groups in total. The Morgan fingerprint density at radius 2 is 1.76 bits per heavy atom. The van der Waals surface area contributed by atoms with Crippen LogP contribution in [-0.4, -0.2) is 21.3 Å². The summed E-state index contributed by atoms with van der Waals surface area (Å²) in [6.07, 6.45) is 11.3. The van der Waals surface area contributed by atoms with Crippen LogP contribution in [0, 0.1) is 0 Å². The third-order valence-electron chi connectivity index (χ3n) is 3.62. The summed E-state index contributed by atoms with van der Waals surface area (Å²) < 4.78 is 1.83. The molecule has 0 spiro atoms. The van der Waals surface area contributed by atoms with E-state index in [0.29, 0.717) is 0 Å². The highest BCUT2D eigenvalue weighted by Gasteiger charge is 1.97. The molecule has 0 aliphatic rings. The molecule has 0 atom stereocenters. The maximum Gasteiger partial charge on any atom is 0.137 e. The summed E-state index contributed by atoms with van der Waals surface area (Å²) in [6.45, 7) is 4.10. The monoisotopic (exact) mass is 286 g/mol. The van der Waals surface area contributed by atoms with E-state index in [4.69, 9.17) is 0 Å². The second-order valence-corrected chi connectivity index (χ2v) is 5.48. The lowest BCUT2D eigenvalue weighted by atomic mass is 10.1. The first kappa shape index (κ1) is 15.5. The van der Waals surface area contributed by atoms with E-state index in [9.17, 15) is 0 Å².